The molecule has 4 aromatic rings. The van der Waals surface area contributed by atoms with Gasteiger partial charge in [-0.3, -0.25) is 10.1 Å². The number of nitrogens with one attached hydrogen (secondary N) is 2. The first-order valence-corrected chi connectivity index (χ1v) is 8.77. The van der Waals surface area contributed by atoms with E-state index < -0.39 is 0 Å². The number of rotatable bonds is 4. The van der Waals surface area contributed by atoms with Crippen LogP contribution in [0.1, 0.15) is 16.7 Å². The van der Waals surface area contributed by atoms with Crippen LogP contribution in [0.3, 0.4) is 0 Å². The molecule has 0 saturated carbocycles. The second-order valence-corrected chi connectivity index (χ2v) is 6.55. The number of nitrogens with zero attached hydrogens (tertiary/aromatic N) is 2. The van der Waals surface area contributed by atoms with E-state index in [0.717, 1.165) is 29.9 Å². The predicted octanol–water partition coefficient (Wildman–Crippen LogP) is 4.66. The van der Waals surface area contributed by atoms with Gasteiger partial charge in [0.2, 0.25) is 0 Å². The van der Waals surface area contributed by atoms with Crippen molar-refractivity contribution in [2.24, 2.45) is 0 Å². The second-order valence-electron chi connectivity index (χ2n) is 6.55. The zero-order chi connectivity index (χ0) is 17.3. The van der Waals surface area contributed by atoms with Gasteiger partial charge in [0.15, 0.2) is 0 Å². The Morgan fingerprint density at radius 3 is 2.58 bits per heavy atom. The summed E-state index contributed by atoms with van der Waals surface area (Å²) in [5, 5.41) is 11.2. The summed E-state index contributed by atoms with van der Waals surface area (Å²) in [6.07, 6.45) is 4.53. The Morgan fingerprint density at radius 1 is 0.923 bits per heavy atom. The van der Waals surface area contributed by atoms with Crippen LogP contribution in [0.5, 0.6) is 0 Å². The van der Waals surface area contributed by atoms with E-state index in [-0.39, 0.29) is 0 Å². The smallest absolute Gasteiger partial charge is 0.0962 e. The van der Waals surface area contributed by atoms with E-state index in [1.807, 2.05) is 12.1 Å². The van der Waals surface area contributed by atoms with E-state index in [0.29, 0.717) is 0 Å². The van der Waals surface area contributed by atoms with Crippen molar-refractivity contribution in [3.8, 4) is 22.5 Å². The van der Waals surface area contributed by atoms with Gasteiger partial charge in [-0.2, -0.15) is 5.10 Å². The first-order chi connectivity index (χ1) is 12.9. The van der Waals surface area contributed by atoms with Gasteiger partial charge in [0.05, 0.1) is 11.4 Å². The fourth-order valence-electron chi connectivity index (χ4n) is 3.56. The van der Waals surface area contributed by atoms with Crippen LogP contribution < -0.4 is 5.32 Å². The Bertz CT molecular complexity index is 1050. The summed E-state index contributed by atoms with van der Waals surface area (Å²) in [5.74, 6) is 0. The number of anilines is 1. The van der Waals surface area contributed by atoms with Gasteiger partial charge in [-0.25, -0.2) is 0 Å². The molecule has 1 aliphatic carbocycles. The van der Waals surface area contributed by atoms with Crippen LogP contribution >= 0.6 is 0 Å². The topological polar surface area (TPSA) is 53.6 Å². The van der Waals surface area contributed by atoms with Crippen molar-refractivity contribution in [2.45, 2.75) is 13.0 Å². The number of H-pyrrole nitrogens is 1. The number of fused-ring (bicyclic) bond motifs is 3. The minimum Gasteiger partial charge on any atom is -0.381 e. The van der Waals surface area contributed by atoms with Crippen LogP contribution in [0.15, 0.2) is 73.1 Å². The summed E-state index contributed by atoms with van der Waals surface area (Å²) in [7, 11) is 0. The molecule has 0 amide bonds. The Balaban J connectivity index is 1.37. The Hall–Kier alpha value is -3.40. The highest BCUT2D eigenvalue weighted by Gasteiger charge is 2.24. The maximum absolute atomic E-state index is 4.58. The zero-order valence-corrected chi connectivity index (χ0v) is 14.2. The largest absolute Gasteiger partial charge is 0.381 e. The molecule has 2 heterocycles. The standard InChI is InChI=1S/C22H18N4/c1-2-4-19-17(3-1)13-20-21(25-26-22(19)20)16-7-5-15(6-8-16)14-24-18-9-11-23-12-10-18/h1-12H,13-14H2,(H,23,24)(H,25,26). The van der Waals surface area contributed by atoms with Crippen LogP contribution in [0, 0.1) is 0 Å². The van der Waals surface area contributed by atoms with Crippen LogP contribution in [0.25, 0.3) is 22.5 Å². The van der Waals surface area contributed by atoms with Crippen molar-refractivity contribution in [1.82, 2.24) is 15.2 Å². The molecule has 5 rings (SSSR count). The molecular formula is C22H18N4. The summed E-state index contributed by atoms with van der Waals surface area (Å²) in [6, 6.07) is 21.1. The van der Waals surface area contributed by atoms with Gasteiger partial charge < -0.3 is 5.32 Å². The predicted molar refractivity (Wildman–Crippen MR) is 104 cm³/mol. The van der Waals surface area contributed by atoms with Gasteiger partial charge in [0, 0.05) is 47.7 Å². The molecule has 2 aromatic heterocycles. The highest BCUT2D eigenvalue weighted by molar-refractivity contribution is 5.80. The number of pyridine rings is 1. The van der Waals surface area contributed by atoms with Gasteiger partial charge in [0.1, 0.15) is 0 Å². The van der Waals surface area contributed by atoms with Crippen molar-refractivity contribution in [2.75, 3.05) is 5.32 Å². The van der Waals surface area contributed by atoms with Crippen LogP contribution in [0.4, 0.5) is 5.69 Å². The molecule has 0 radical (unpaired) electrons. The fraction of sp³-hybridized carbons (Fsp3) is 0.0909. The summed E-state index contributed by atoms with van der Waals surface area (Å²) < 4.78 is 0. The molecule has 0 aliphatic heterocycles. The molecule has 2 aromatic carbocycles. The van der Waals surface area contributed by atoms with E-state index in [2.05, 4.69) is 69.0 Å². The molecule has 126 valence electrons. The number of hydrogen-bond acceptors (Lipinski definition) is 3. The molecule has 4 nitrogen and oxygen atoms in total. The Morgan fingerprint density at radius 2 is 1.73 bits per heavy atom. The molecule has 0 fully saturated rings. The maximum atomic E-state index is 4.58. The summed E-state index contributed by atoms with van der Waals surface area (Å²) in [5.41, 5.74) is 9.64. The minimum absolute atomic E-state index is 0.786. The lowest BCUT2D eigenvalue weighted by Crippen LogP contribution is -1.99. The lowest BCUT2D eigenvalue weighted by molar-refractivity contribution is 1.09. The SMILES string of the molecule is c1ccc2c(c1)Cc1c(-c3ccc(CNc4ccncc4)cc3)n[nH]c1-2. The van der Waals surface area contributed by atoms with Crippen molar-refractivity contribution < 1.29 is 0 Å². The minimum atomic E-state index is 0.786. The van der Waals surface area contributed by atoms with Crippen molar-refractivity contribution in [3.63, 3.8) is 0 Å². The first-order valence-electron chi connectivity index (χ1n) is 8.77. The molecule has 4 heteroatoms. The molecule has 0 bridgehead atoms. The van der Waals surface area contributed by atoms with Gasteiger partial charge in [-0.05, 0) is 23.3 Å². The second kappa shape index (κ2) is 6.15. The molecule has 0 unspecified atom stereocenters. The normalized spacial score (nSPS) is 11.8. The third-order valence-corrected chi connectivity index (χ3v) is 4.93. The molecule has 0 saturated heterocycles. The van der Waals surface area contributed by atoms with Gasteiger partial charge >= 0.3 is 0 Å². The third kappa shape index (κ3) is 2.56. The molecule has 1 aliphatic rings. The highest BCUT2D eigenvalue weighted by Crippen LogP contribution is 2.39. The highest BCUT2D eigenvalue weighted by atomic mass is 15.1. The number of benzene rings is 2. The van der Waals surface area contributed by atoms with Gasteiger partial charge in [-0.1, -0.05) is 48.5 Å². The third-order valence-electron chi connectivity index (χ3n) is 4.93. The average molecular weight is 338 g/mol. The number of aromatic amines is 1. The van der Waals surface area contributed by atoms with Gasteiger partial charge in [-0.15, -0.1) is 0 Å². The Kier molecular flexibility index (Phi) is 3.53. The lowest BCUT2D eigenvalue weighted by atomic mass is 10.0. The van der Waals surface area contributed by atoms with Gasteiger partial charge in [0.25, 0.3) is 0 Å². The van der Waals surface area contributed by atoms with E-state index in [9.17, 15) is 0 Å². The van der Waals surface area contributed by atoms with E-state index >= 15 is 0 Å². The van der Waals surface area contributed by atoms with Crippen molar-refractivity contribution in [1.29, 1.82) is 0 Å². The van der Waals surface area contributed by atoms with E-state index in [1.54, 1.807) is 12.4 Å². The number of aromatic nitrogens is 3. The molecule has 0 spiro atoms. The quantitative estimate of drug-likeness (QED) is 0.501. The summed E-state index contributed by atoms with van der Waals surface area (Å²) in [4.78, 5) is 4.03. The number of hydrogen-bond donors (Lipinski definition) is 2. The fourth-order valence-corrected chi connectivity index (χ4v) is 3.56. The molecule has 26 heavy (non-hydrogen) atoms. The monoisotopic (exact) mass is 338 g/mol. The van der Waals surface area contributed by atoms with Crippen LogP contribution in [-0.4, -0.2) is 15.2 Å². The van der Waals surface area contributed by atoms with E-state index in [1.165, 1.54) is 27.9 Å². The maximum Gasteiger partial charge on any atom is 0.0962 e. The van der Waals surface area contributed by atoms with Crippen molar-refractivity contribution in [3.05, 3.63) is 89.7 Å². The summed E-state index contributed by atoms with van der Waals surface area (Å²) >= 11 is 0. The zero-order valence-electron chi connectivity index (χ0n) is 14.2. The lowest BCUT2D eigenvalue weighted by Gasteiger charge is -2.07. The van der Waals surface area contributed by atoms with E-state index in [4.69, 9.17) is 0 Å². The van der Waals surface area contributed by atoms with Crippen LogP contribution in [-0.2, 0) is 13.0 Å². The Labute approximate surface area is 151 Å². The molecule has 2 N–H and O–H groups in total. The average Bonchev–Trinajstić information content (AvgIpc) is 3.27. The van der Waals surface area contributed by atoms with Crippen LogP contribution in [0.2, 0.25) is 0 Å². The first kappa shape index (κ1) is 14.9. The summed E-state index contributed by atoms with van der Waals surface area (Å²) in [6.45, 7) is 0.786. The molecule has 0 atom stereocenters. The van der Waals surface area contributed by atoms with Crippen molar-refractivity contribution >= 4 is 5.69 Å². The molecular weight excluding hydrogens is 320 g/mol.